The standard InChI is InChI=1S/C10H20O/c1-4-9(3)6-7-10(5-2)8-11/h8-10H,4-7H2,1-3H3/t9?,10-/m1/s1. The second kappa shape index (κ2) is 6.38. The van der Waals surface area contributed by atoms with E-state index in [-0.39, 0.29) is 0 Å². The lowest BCUT2D eigenvalue weighted by Gasteiger charge is -2.10. The summed E-state index contributed by atoms with van der Waals surface area (Å²) in [6.45, 7) is 6.53. The molecule has 0 spiro atoms. The Bertz CT molecular complexity index is 99.0. The van der Waals surface area contributed by atoms with E-state index < -0.39 is 0 Å². The van der Waals surface area contributed by atoms with Crippen molar-refractivity contribution in [3.05, 3.63) is 0 Å². The first-order valence-electron chi connectivity index (χ1n) is 4.69. The Kier molecular flexibility index (Phi) is 6.19. The second-order valence-corrected chi connectivity index (χ2v) is 3.40. The van der Waals surface area contributed by atoms with Crippen LogP contribution in [0.15, 0.2) is 0 Å². The number of hydrogen-bond acceptors (Lipinski definition) is 1. The quantitative estimate of drug-likeness (QED) is 0.540. The number of rotatable bonds is 6. The van der Waals surface area contributed by atoms with Gasteiger partial charge in [-0.2, -0.15) is 0 Å². The van der Waals surface area contributed by atoms with E-state index in [1.165, 1.54) is 12.8 Å². The maximum atomic E-state index is 10.4. The van der Waals surface area contributed by atoms with Crippen molar-refractivity contribution >= 4 is 6.29 Å². The summed E-state index contributed by atoms with van der Waals surface area (Å²) >= 11 is 0. The van der Waals surface area contributed by atoms with Gasteiger partial charge in [0.15, 0.2) is 0 Å². The lowest BCUT2D eigenvalue weighted by atomic mass is 9.95. The number of carbonyl (C=O) groups excluding carboxylic acids is 1. The van der Waals surface area contributed by atoms with Gasteiger partial charge in [0.05, 0.1) is 0 Å². The van der Waals surface area contributed by atoms with E-state index in [0.717, 1.165) is 25.0 Å². The molecule has 0 aliphatic rings. The van der Waals surface area contributed by atoms with Crippen molar-refractivity contribution in [2.75, 3.05) is 0 Å². The molecule has 11 heavy (non-hydrogen) atoms. The first-order valence-corrected chi connectivity index (χ1v) is 4.69. The molecule has 1 nitrogen and oxygen atoms in total. The SMILES string of the molecule is CCC(C)CC[C@H](C=O)CC. The topological polar surface area (TPSA) is 17.1 Å². The molecule has 2 atom stereocenters. The van der Waals surface area contributed by atoms with E-state index in [1.807, 2.05) is 0 Å². The van der Waals surface area contributed by atoms with Gasteiger partial charge >= 0.3 is 0 Å². The highest BCUT2D eigenvalue weighted by Crippen LogP contribution is 2.15. The summed E-state index contributed by atoms with van der Waals surface area (Å²) in [5.74, 6) is 1.09. The molecular weight excluding hydrogens is 136 g/mol. The molecule has 0 bridgehead atoms. The summed E-state index contributed by atoms with van der Waals surface area (Å²) in [6, 6.07) is 0. The summed E-state index contributed by atoms with van der Waals surface area (Å²) in [5, 5.41) is 0. The molecule has 0 fully saturated rings. The first kappa shape index (κ1) is 10.7. The molecule has 0 radical (unpaired) electrons. The van der Waals surface area contributed by atoms with Gasteiger partial charge < -0.3 is 4.79 Å². The van der Waals surface area contributed by atoms with Crippen LogP contribution >= 0.6 is 0 Å². The minimum absolute atomic E-state index is 0.309. The summed E-state index contributed by atoms with van der Waals surface area (Å²) in [6.07, 6.45) is 5.61. The molecule has 0 saturated carbocycles. The molecular formula is C10H20O. The lowest BCUT2D eigenvalue weighted by molar-refractivity contribution is -0.111. The van der Waals surface area contributed by atoms with E-state index in [9.17, 15) is 4.79 Å². The van der Waals surface area contributed by atoms with E-state index in [2.05, 4.69) is 20.8 Å². The van der Waals surface area contributed by atoms with Crippen LogP contribution in [0, 0.1) is 11.8 Å². The van der Waals surface area contributed by atoms with Crippen LogP contribution in [0.1, 0.15) is 46.5 Å². The van der Waals surface area contributed by atoms with Gasteiger partial charge in [0.25, 0.3) is 0 Å². The van der Waals surface area contributed by atoms with Crippen molar-refractivity contribution in [3.63, 3.8) is 0 Å². The molecule has 0 saturated heterocycles. The molecule has 1 unspecified atom stereocenters. The second-order valence-electron chi connectivity index (χ2n) is 3.40. The lowest BCUT2D eigenvalue weighted by Crippen LogP contribution is -2.03. The molecule has 0 aromatic carbocycles. The summed E-state index contributed by atoms with van der Waals surface area (Å²) in [7, 11) is 0. The third-order valence-corrected chi connectivity index (χ3v) is 2.44. The largest absolute Gasteiger partial charge is 0.303 e. The number of carbonyl (C=O) groups is 1. The third-order valence-electron chi connectivity index (χ3n) is 2.44. The van der Waals surface area contributed by atoms with Crippen LogP contribution in [0.5, 0.6) is 0 Å². The molecule has 0 heterocycles. The fraction of sp³-hybridized carbons (Fsp3) is 0.900. The van der Waals surface area contributed by atoms with Crippen molar-refractivity contribution in [3.8, 4) is 0 Å². The molecule has 0 amide bonds. The van der Waals surface area contributed by atoms with E-state index in [0.29, 0.717) is 5.92 Å². The van der Waals surface area contributed by atoms with Crippen molar-refractivity contribution < 1.29 is 4.79 Å². The maximum Gasteiger partial charge on any atom is 0.123 e. The smallest absolute Gasteiger partial charge is 0.123 e. The van der Waals surface area contributed by atoms with Gasteiger partial charge in [-0.25, -0.2) is 0 Å². The van der Waals surface area contributed by atoms with E-state index in [1.54, 1.807) is 0 Å². The molecule has 1 heteroatoms. The first-order chi connectivity index (χ1) is 5.24. The highest BCUT2D eigenvalue weighted by atomic mass is 16.1. The van der Waals surface area contributed by atoms with Crippen molar-refractivity contribution in [1.29, 1.82) is 0 Å². The van der Waals surface area contributed by atoms with Gasteiger partial charge in [-0.1, -0.05) is 33.6 Å². The fourth-order valence-electron chi connectivity index (χ4n) is 1.07. The monoisotopic (exact) mass is 156 g/mol. The molecule has 0 aliphatic carbocycles. The van der Waals surface area contributed by atoms with Crippen molar-refractivity contribution in [2.24, 2.45) is 11.8 Å². The Balaban J connectivity index is 3.41. The fourth-order valence-corrected chi connectivity index (χ4v) is 1.07. The highest BCUT2D eigenvalue weighted by Gasteiger charge is 2.06. The Morgan fingerprint density at radius 1 is 1.18 bits per heavy atom. The zero-order chi connectivity index (χ0) is 8.69. The van der Waals surface area contributed by atoms with Gasteiger partial charge in [0.1, 0.15) is 6.29 Å². The van der Waals surface area contributed by atoms with Gasteiger partial charge in [-0.05, 0) is 18.8 Å². The molecule has 66 valence electrons. The molecule has 0 rings (SSSR count). The average Bonchev–Trinajstić information content (AvgIpc) is 2.06. The number of hydrogen-bond donors (Lipinski definition) is 0. The van der Waals surface area contributed by atoms with Crippen LogP contribution in [-0.2, 0) is 4.79 Å². The zero-order valence-electron chi connectivity index (χ0n) is 7.97. The Morgan fingerprint density at radius 2 is 1.82 bits per heavy atom. The van der Waals surface area contributed by atoms with Crippen molar-refractivity contribution in [2.45, 2.75) is 46.5 Å². The van der Waals surface area contributed by atoms with Gasteiger partial charge in [-0.15, -0.1) is 0 Å². The van der Waals surface area contributed by atoms with E-state index >= 15 is 0 Å². The van der Waals surface area contributed by atoms with Crippen LogP contribution in [0.3, 0.4) is 0 Å². The minimum atomic E-state index is 0.309. The Morgan fingerprint density at radius 3 is 2.18 bits per heavy atom. The Labute approximate surface area is 70.2 Å². The Hall–Kier alpha value is -0.330. The van der Waals surface area contributed by atoms with Crippen LogP contribution in [0.2, 0.25) is 0 Å². The number of aldehydes is 1. The van der Waals surface area contributed by atoms with Crippen LogP contribution < -0.4 is 0 Å². The molecule has 0 N–H and O–H groups in total. The summed E-state index contributed by atoms with van der Waals surface area (Å²) in [5.41, 5.74) is 0. The molecule has 0 aliphatic heterocycles. The van der Waals surface area contributed by atoms with Gasteiger partial charge in [0.2, 0.25) is 0 Å². The normalized spacial score (nSPS) is 15.9. The van der Waals surface area contributed by atoms with Crippen LogP contribution in [0.25, 0.3) is 0 Å². The van der Waals surface area contributed by atoms with Gasteiger partial charge in [-0.3, -0.25) is 0 Å². The summed E-state index contributed by atoms with van der Waals surface area (Å²) in [4.78, 5) is 10.4. The third kappa shape index (κ3) is 5.00. The predicted octanol–water partition coefficient (Wildman–Crippen LogP) is 3.04. The summed E-state index contributed by atoms with van der Waals surface area (Å²) < 4.78 is 0. The van der Waals surface area contributed by atoms with Crippen molar-refractivity contribution in [1.82, 2.24) is 0 Å². The predicted molar refractivity (Wildman–Crippen MR) is 48.5 cm³/mol. The maximum absolute atomic E-state index is 10.4. The zero-order valence-corrected chi connectivity index (χ0v) is 7.97. The highest BCUT2D eigenvalue weighted by molar-refractivity contribution is 5.53. The molecule has 0 aromatic heterocycles. The van der Waals surface area contributed by atoms with Crippen LogP contribution in [0.4, 0.5) is 0 Å². The molecule has 0 aromatic rings. The van der Waals surface area contributed by atoms with Gasteiger partial charge in [0, 0.05) is 5.92 Å². The minimum Gasteiger partial charge on any atom is -0.303 e. The van der Waals surface area contributed by atoms with Crippen LogP contribution in [-0.4, -0.2) is 6.29 Å². The average molecular weight is 156 g/mol. The van der Waals surface area contributed by atoms with E-state index in [4.69, 9.17) is 0 Å².